The van der Waals surface area contributed by atoms with Crippen LogP contribution in [0, 0.1) is 6.92 Å². The molecule has 0 unspecified atom stereocenters. The average molecular weight is 428 g/mol. The van der Waals surface area contributed by atoms with Gasteiger partial charge < -0.3 is 23.8 Å². The molecule has 3 saturated heterocycles. The van der Waals surface area contributed by atoms with E-state index in [9.17, 15) is 4.79 Å². The summed E-state index contributed by atoms with van der Waals surface area (Å²) in [5.41, 5.74) is 2.70. The van der Waals surface area contributed by atoms with Gasteiger partial charge >= 0.3 is 0 Å². The van der Waals surface area contributed by atoms with Gasteiger partial charge in [-0.2, -0.15) is 0 Å². The Kier molecular flexibility index (Phi) is 5.87. The van der Waals surface area contributed by atoms with Gasteiger partial charge in [-0.3, -0.25) is 4.79 Å². The first kappa shape index (κ1) is 20.4. The quantitative estimate of drug-likeness (QED) is 0.733. The molecule has 3 aliphatic rings. The number of aryl methyl sites for hydroxylation is 1. The van der Waals surface area contributed by atoms with Crippen LogP contribution in [0.25, 0.3) is 11.3 Å². The molecule has 31 heavy (non-hydrogen) atoms. The molecule has 2 aromatic rings. The Bertz CT molecular complexity index is 912. The third-order valence-corrected chi connectivity index (χ3v) is 6.39. The Morgan fingerprint density at radius 1 is 1.10 bits per heavy atom. The Balaban J connectivity index is 1.37. The van der Waals surface area contributed by atoms with Crippen LogP contribution in [-0.2, 0) is 14.3 Å². The van der Waals surface area contributed by atoms with Gasteiger partial charge in [-0.05, 0) is 32.6 Å². The molecule has 3 aliphatic heterocycles. The molecule has 5 rings (SSSR count). The minimum absolute atomic E-state index is 0.138. The zero-order valence-corrected chi connectivity index (χ0v) is 18.0. The van der Waals surface area contributed by atoms with Gasteiger partial charge in [-0.1, -0.05) is 5.16 Å². The fourth-order valence-corrected chi connectivity index (χ4v) is 4.64. The lowest BCUT2D eigenvalue weighted by Gasteiger charge is -2.34. The van der Waals surface area contributed by atoms with Crippen LogP contribution < -0.4 is 4.90 Å². The Labute approximate surface area is 181 Å². The predicted molar refractivity (Wildman–Crippen MR) is 113 cm³/mol. The lowest BCUT2D eigenvalue weighted by atomic mass is 9.90. The zero-order chi connectivity index (χ0) is 21.2. The van der Waals surface area contributed by atoms with E-state index in [1.54, 1.807) is 0 Å². The van der Waals surface area contributed by atoms with Crippen molar-refractivity contribution in [2.24, 2.45) is 0 Å². The molecule has 9 nitrogen and oxygen atoms in total. The molecule has 1 amide bonds. The van der Waals surface area contributed by atoms with Gasteiger partial charge in [-0.25, -0.2) is 9.97 Å². The lowest BCUT2D eigenvalue weighted by molar-refractivity contribution is -0.142. The number of anilines is 1. The summed E-state index contributed by atoms with van der Waals surface area (Å²) in [7, 11) is 0. The van der Waals surface area contributed by atoms with E-state index in [1.165, 1.54) is 0 Å². The molecular formula is C22H29N5O4. The molecule has 0 bridgehead atoms. The first-order valence-corrected chi connectivity index (χ1v) is 11.2. The summed E-state index contributed by atoms with van der Waals surface area (Å²) in [5.74, 6) is 1.80. The summed E-state index contributed by atoms with van der Waals surface area (Å²) >= 11 is 0. The fourth-order valence-electron chi connectivity index (χ4n) is 4.64. The highest BCUT2D eigenvalue weighted by atomic mass is 16.5. The fraction of sp³-hybridized carbons (Fsp3) is 0.636. The number of piperidine rings is 1. The first-order chi connectivity index (χ1) is 15.2. The van der Waals surface area contributed by atoms with Gasteiger partial charge in [0, 0.05) is 51.0 Å². The molecule has 3 fully saturated rings. The van der Waals surface area contributed by atoms with Crippen molar-refractivity contribution >= 4 is 11.9 Å². The van der Waals surface area contributed by atoms with Crippen LogP contribution in [0.15, 0.2) is 16.8 Å². The third-order valence-electron chi connectivity index (χ3n) is 6.39. The SMILES string of the molecule is Cc1cc(-c2cnc(N3CCOCC3)nc2C2CCN(C(=O)[C@@H]3CCCO3)CC2)on1. The number of morpholine rings is 1. The predicted octanol–water partition coefficient (Wildman–Crippen LogP) is 2.16. The molecule has 2 aromatic heterocycles. The maximum atomic E-state index is 12.7. The molecule has 0 N–H and O–H groups in total. The van der Waals surface area contributed by atoms with Crippen LogP contribution in [0.4, 0.5) is 5.95 Å². The van der Waals surface area contributed by atoms with Crippen molar-refractivity contribution < 1.29 is 18.8 Å². The average Bonchev–Trinajstić information content (AvgIpc) is 3.51. The summed E-state index contributed by atoms with van der Waals surface area (Å²) in [6.07, 6.45) is 5.13. The highest BCUT2D eigenvalue weighted by Crippen LogP contribution is 2.35. The van der Waals surface area contributed by atoms with Gasteiger partial charge in [0.1, 0.15) is 6.10 Å². The van der Waals surface area contributed by atoms with Gasteiger partial charge in [0.05, 0.1) is 30.2 Å². The second kappa shape index (κ2) is 8.92. The molecule has 0 aliphatic carbocycles. The molecular weight excluding hydrogens is 398 g/mol. The maximum Gasteiger partial charge on any atom is 0.251 e. The van der Waals surface area contributed by atoms with E-state index in [-0.39, 0.29) is 17.9 Å². The van der Waals surface area contributed by atoms with Crippen LogP contribution >= 0.6 is 0 Å². The van der Waals surface area contributed by atoms with Crippen LogP contribution in [0.2, 0.25) is 0 Å². The highest BCUT2D eigenvalue weighted by Gasteiger charge is 2.33. The minimum atomic E-state index is -0.253. The topological polar surface area (TPSA) is 93.8 Å². The Hall–Kier alpha value is -2.52. The minimum Gasteiger partial charge on any atom is -0.378 e. The summed E-state index contributed by atoms with van der Waals surface area (Å²) in [6, 6.07) is 1.92. The molecule has 0 spiro atoms. The lowest BCUT2D eigenvalue weighted by Crippen LogP contribution is -2.43. The van der Waals surface area contributed by atoms with Crippen molar-refractivity contribution in [1.29, 1.82) is 0 Å². The van der Waals surface area contributed by atoms with Gasteiger partial charge in [0.25, 0.3) is 5.91 Å². The van der Waals surface area contributed by atoms with E-state index in [4.69, 9.17) is 19.0 Å². The number of hydrogen-bond donors (Lipinski definition) is 0. The van der Waals surface area contributed by atoms with Crippen LogP contribution in [0.3, 0.4) is 0 Å². The van der Waals surface area contributed by atoms with Crippen LogP contribution in [0.5, 0.6) is 0 Å². The van der Waals surface area contributed by atoms with Crippen molar-refractivity contribution in [1.82, 2.24) is 20.0 Å². The largest absolute Gasteiger partial charge is 0.378 e. The number of rotatable bonds is 4. The maximum absolute atomic E-state index is 12.7. The van der Waals surface area contributed by atoms with E-state index < -0.39 is 0 Å². The van der Waals surface area contributed by atoms with Gasteiger partial charge in [-0.15, -0.1) is 0 Å². The number of likely N-dealkylation sites (tertiary alicyclic amines) is 1. The summed E-state index contributed by atoms with van der Waals surface area (Å²) in [4.78, 5) is 26.5. The van der Waals surface area contributed by atoms with E-state index >= 15 is 0 Å². The molecule has 0 aromatic carbocycles. The number of carbonyl (C=O) groups is 1. The molecule has 1 atom stereocenters. The van der Waals surface area contributed by atoms with E-state index in [1.807, 2.05) is 24.1 Å². The normalized spacial score (nSPS) is 22.8. The second-order valence-electron chi connectivity index (χ2n) is 8.50. The molecule has 0 radical (unpaired) electrons. The number of amides is 1. The van der Waals surface area contributed by atoms with Crippen molar-refractivity contribution in [3.8, 4) is 11.3 Å². The summed E-state index contributed by atoms with van der Waals surface area (Å²) in [5, 5.41) is 4.05. The van der Waals surface area contributed by atoms with Crippen molar-refractivity contribution in [2.45, 2.75) is 44.6 Å². The van der Waals surface area contributed by atoms with Crippen LogP contribution in [0.1, 0.15) is 43.0 Å². The smallest absolute Gasteiger partial charge is 0.251 e. The number of nitrogens with zero attached hydrogens (tertiary/aromatic N) is 5. The van der Waals surface area contributed by atoms with E-state index in [0.29, 0.717) is 25.6 Å². The Morgan fingerprint density at radius 2 is 1.90 bits per heavy atom. The van der Waals surface area contributed by atoms with Crippen molar-refractivity contribution in [3.05, 3.63) is 23.7 Å². The monoisotopic (exact) mass is 427 g/mol. The number of ether oxygens (including phenoxy) is 2. The third kappa shape index (κ3) is 4.29. The first-order valence-electron chi connectivity index (χ1n) is 11.2. The molecule has 166 valence electrons. The zero-order valence-electron chi connectivity index (χ0n) is 18.0. The standard InChI is InChI=1S/C22H29N5O4/c1-15-13-19(31-25-15)17-14-23-22(27-8-11-29-12-9-27)24-20(17)16-4-6-26(7-5-16)21(28)18-3-2-10-30-18/h13-14,16,18H,2-12H2,1H3/t18-/m0/s1. The van der Waals surface area contributed by atoms with E-state index in [2.05, 4.69) is 15.0 Å². The van der Waals surface area contributed by atoms with Crippen molar-refractivity contribution in [3.63, 3.8) is 0 Å². The van der Waals surface area contributed by atoms with E-state index in [0.717, 1.165) is 74.8 Å². The van der Waals surface area contributed by atoms with Crippen molar-refractivity contribution in [2.75, 3.05) is 50.9 Å². The molecule has 0 saturated carbocycles. The number of carbonyl (C=O) groups excluding carboxylic acids is 1. The molecule has 5 heterocycles. The van der Waals surface area contributed by atoms with Crippen LogP contribution in [-0.4, -0.2) is 78.0 Å². The number of aromatic nitrogens is 3. The van der Waals surface area contributed by atoms with Gasteiger partial charge in [0.15, 0.2) is 5.76 Å². The van der Waals surface area contributed by atoms with Gasteiger partial charge in [0.2, 0.25) is 5.95 Å². The Morgan fingerprint density at radius 3 is 2.58 bits per heavy atom. The highest BCUT2D eigenvalue weighted by molar-refractivity contribution is 5.81. The number of hydrogen-bond acceptors (Lipinski definition) is 8. The second-order valence-corrected chi connectivity index (χ2v) is 8.50. The molecule has 9 heteroatoms. The summed E-state index contributed by atoms with van der Waals surface area (Å²) in [6.45, 7) is 6.98. The summed E-state index contributed by atoms with van der Waals surface area (Å²) < 4.78 is 16.6.